The van der Waals surface area contributed by atoms with Gasteiger partial charge in [-0.3, -0.25) is 4.79 Å². The summed E-state index contributed by atoms with van der Waals surface area (Å²) in [5.41, 5.74) is 2.38. The molecule has 32 heavy (non-hydrogen) atoms. The molecule has 0 aliphatic carbocycles. The van der Waals surface area contributed by atoms with Crippen molar-refractivity contribution in [2.24, 2.45) is 0 Å². The molecule has 0 spiro atoms. The average Bonchev–Trinajstić information content (AvgIpc) is 3.39. The number of rotatable bonds is 7. The number of hydrogen-bond donors (Lipinski definition) is 1. The average molecular weight is 436 g/mol. The summed E-state index contributed by atoms with van der Waals surface area (Å²) >= 11 is 0. The van der Waals surface area contributed by atoms with E-state index in [0.29, 0.717) is 36.1 Å². The Morgan fingerprint density at radius 2 is 2.00 bits per heavy atom. The van der Waals surface area contributed by atoms with Gasteiger partial charge in [-0.25, -0.2) is 9.78 Å². The number of carbonyl (C=O) groups excluding carboxylic acids is 1. The molecule has 1 saturated heterocycles. The minimum absolute atomic E-state index is 0.137. The number of oxazole rings is 1. The topological polar surface area (TPSA) is 102 Å². The number of hydrogen-bond acceptors (Lipinski definition) is 6. The van der Waals surface area contributed by atoms with Crippen molar-refractivity contribution in [1.82, 2.24) is 9.88 Å². The zero-order valence-corrected chi connectivity index (χ0v) is 17.7. The molecule has 1 atom stereocenters. The second-order valence-corrected chi connectivity index (χ2v) is 7.57. The maximum absolute atomic E-state index is 12.7. The Bertz CT molecular complexity index is 1090. The van der Waals surface area contributed by atoms with Crippen molar-refractivity contribution in [1.29, 1.82) is 0 Å². The molecule has 1 aliphatic heterocycles. The molecule has 1 fully saturated rings. The molecule has 1 amide bonds. The molecule has 8 nitrogen and oxygen atoms in total. The first-order valence-electron chi connectivity index (χ1n) is 10.4. The number of amides is 1. The summed E-state index contributed by atoms with van der Waals surface area (Å²) in [7, 11) is 0. The summed E-state index contributed by atoms with van der Waals surface area (Å²) in [4.78, 5) is 29.5. The van der Waals surface area contributed by atoms with Gasteiger partial charge in [0, 0.05) is 18.5 Å². The summed E-state index contributed by atoms with van der Waals surface area (Å²) < 4.78 is 16.5. The van der Waals surface area contributed by atoms with Crippen LogP contribution in [-0.4, -0.2) is 39.8 Å². The fraction of sp³-hybridized carbons (Fsp3) is 0.292. The van der Waals surface area contributed by atoms with E-state index in [1.54, 1.807) is 6.07 Å². The lowest BCUT2D eigenvalue weighted by molar-refractivity contribution is -0.138. The third-order valence-electron chi connectivity index (χ3n) is 5.30. The zero-order chi connectivity index (χ0) is 22.5. The first kappa shape index (κ1) is 21.4. The van der Waals surface area contributed by atoms with Crippen LogP contribution >= 0.6 is 0 Å². The normalized spacial score (nSPS) is 15.5. The Morgan fingerprint density at radius 3 is 2.78 bits per heavy atom. The van der Waals surface area contributed by atoms with Gasteiger partial charge in [-0.15, -0.1) is 0 Å². The molecule has 1 aliphatic rings. The Kier molecular flexibility index (Phi) is 6.39. The molecular weight excluding hydrogens is 412 g/mol. The maximum Gasteiger partial charge on any atom is 0.507 e. The number of carboxylic acid groups (broad SMARTS) is 1. The largest absolute Gasteiger partial charge is 0.507 e. The molecule has 166 valence electrons. The summed E-state index contributed by atoms with van der Waals surface area (Å²) in [5, 5.41) is 8.85. The number of aromatic nitrogens is 1. The number of likely N-dealkylation sites (tertiary alicyclic amines) is 1. The third-order valence-corrected chi connectivity index (χ3v) is 5.30. The fourth-order valence-corrected chi connectivity index (χ4v) is 3.70. The molecule has 2 aromatic carbocycles. The lowest BCUT2D eigenvalue weighted by atomic mass is 10.1. The van der Waals surface area contributed by atoms with Crippen LogP contribution in [0.3, 0.4) is 0 Å². The van der Waals surface area contributed by atoms with Crippen LogP contribution in [0.15, 0.2) is 59.0 Å². The summed E-state index contributed by atoms with van der Waals surface area (Å²) in [6.07, 6.45) is -0.715. The van der Waals surface area contributed by atoms with Crippen LogP contribution in [0, 0.1) is 6.92 Å². The van der Waals surface area contributed by atoms with Crippen LogP contribution in [0.25, 0.3) is 11.5 Å². The summed E-state index contributed by atoms with van der Waals surface area (Å²) in [6.45, 7) is 2.57. The second-order valence-electron chi connectivity index (χ2n) is 7.57. The Labute approximate surface area is 185 Å². The van der Waals surface area contributed by atoms with Crippen molar-refractivity contribution < 1.29 is 28.6 Å². The molecule has 0 unspecified atom stereocenters. The monoisotopic (exact) mass is 436 g/mol. The minimum Gasteiger partial charge on any atom is -0.487 e. The predicted molar refractivity (Wildman–Crippen MR) is 115 cm³/mol. The van der Waals surface area contributed by atoms with Gasteiger partial charge in [0.25, 0.3) is 0 Å². The SMILES string of the molecule is Cc1oc(-c2ccccc2)nc1COc1cccc(CC(=O)N2CCC[C@H]2OC(=O)O)c1. The number of benzene rings is 2. The van der Waals surface area contributed by atoms with E-state index >= 15 is 0 Å². The van der Waals surface area contributed by atoms with E-state index in [-0.39, 0.29) is 18.9 Å². The van der Waals surface area contributed by atoms with Crippen LogP contribution in [0.1, 0.15) is 29.9 Å². The fourth-order valence-electron chi connectivity index (χ4n) is 3.70. The first-order valence-corrected chi connectivity index (χ1v) is 10.4. The van der Waals surface area contributed by atoms with Crippen LogP contribution < -0.4 is 4.74 Å². The molecule has 2 heterocycles. The highest BCUT2D eigenvalue weighted by molar-refractivity contribution is 5.79. The molecule has 0 radical (unpaired) electrons. The van der Waals surface area contributed by atoms with E-state index in [1.165, 1.54) is 4.90 Å². The van der Waals surface area contributed by atoms with Crippen LogP contribution in [0.4, 0.5) is 4.79 Å². The number of nitrogens with zero attached hydrogens (tertiary/aromatic N) is 2. The van der Waals surface area contributed by atoms with E-state index in [9.17, 15) is 9.59 Å². The first-order chi connectivity index (χ1) is 15.5. The van der Waals surface area contributed by atoms with Crippen molar-refractivity contribution in [2.75, 3.05) is 6.54 Å². The van der Waals surface area contributed by atoms with Crippen LogP contribution in [0.5, 0.6) is 5.75 Å². The van der Waals surface area contributed by atoms with Gasteiger partial charge in [-0.05, 0) is 43.2 Å². The van der Waals surface area contributed by atoms with Gasteiger partial charge < -0.3 is 23.9 Å². The number of ether oxygens (including phenoxy) is 2. The number of aryl methyl sites for hydroxylation is 1. The second kappa shape index (κ2) is 9.55. The lowest BCUT2D eigenvalue weighted by Crippen LogP contribution is -2.39. The Hall–Kier alpha value is -3.81. The standard InChI is InChI=1S/C24H24N2O6/c1-16-20(25-23(31-16)18-8-3-2-4-9-18)15-30-19-10-5-7-17(13-19)14-21(27)26-12-6-11-22(26)32-24(28)29/h2-5,7-10,13,22H,6,11-12,14-15H2,1H3,(H,28,29)/t22-/m1/s1. The van der Waals surface area contributed by atoms with Crippen molar-refractivity contribution in [3.8, 4) is 17.2 Å². The third kappa shape index (κ3) is 5.08. The van der Waals surface area contributed by atoms with E-state index in [4.69, 9.17) is 19.0 Å². The van der Waals surface area contributed by atoms with E-state index in [0.717, 1.165) is 17.5 Å². The van der Waals surface area contributed by atoms with E-state index < -0.39 is 12.4 Å². The van der Waals surface area contributed by atoms with Gasteiger partial charge in [-0.2, -0.15) is 0 Å². The van der Waals surface area contributed by atoms with Crippen molar-refractivity contribution in [3.63, 3.8) is 0 Å². The van der Waals surface area contributed by atoms with Gasteiger partial charge in [-0.1, -0.05) is 30.3 Å². The van der Waals surface area contributed by atoms with Gasteiger partial charge >= 0.3 is 6.16 Å². The summed E-state index contributed by atoms with van der Waals surface area (Å²) in [6, 6.07) is 16.9. The Morgan fingerprint density at radius 1 is 1.19 bits per heavy atom. The van der Waals surface area contributed by atoms with Gasteiger partial charge in [0.1, 0.15) is 23.8 Å². The zero-order valence-electron chi connectivity index (χ0n) is 17.7. The highest BCUT2D eigenvalue weighted by Crippen LogP contribution is 2.24. The van der Waals surface area contributed by atoms with Gasteiger partial charge in [0.2, 0.25) is 11.8 Å². The highest BCUT2D eigenvalue weighted by atomic mass is 16.7. The lowest BCUT2D eigenvalue weighted by Gasteiger charge is -2.23. The van der Waals surface area contributed by atoms with Crippen LogP contribution in [-0.2, 0) is 22.6 Å². The molecule has 1 N–H and O–H groups in total. The van der Waals surface area contributed by atoms with Gasteiger partial charge in [0.15, 0.2) is 6.23 Å². The predicted octanol–water partition coefficient (Wildman–Crippen LogP) is 4.41. The molecule has 8 heteroatoms. The maximum atomic E-state index is 12.7. The van der Waals surface area contributed by atoms with E-state index in [1.807, 2.05) is 55.5 Å². The van der Waals surface area contributed by atoms with Crippen molar-refractivity contribution >= 4 is 12.1 Å². The number of carbonyl (C=O) groups is 2. The smallest absolute Gasteiger partial charge is 0.487 e. The molecule has 0 bridgehead atoms. The highest BCUT2D eigenvalue weighted by Gasteiger charge is 2.31. The molecule has 4 rings (SSSR count). The molecule has 0 saturated carbocycles. The minimum atomic E-state index is -1.37. The van der Waals surface area contributed by atoms with Crippen molar-refractivity contribution in [2.45, 2.75) is 39.0 Å². The quantitative estimate of drug-likeness (QED) is 0.547. The van der Waals surface area contributed by atoms with Gasteiger partial charge in [0.05, 0.1) is 6.42 Å². The molecule has 1 aromatic heterocycles. The van der Waals surface area contributed by atoms with Crippen LogP contribution in [0.2, 0.25) is 0 Å². The van der Waals surface area contributed by atoms with E-state index in [2.05, 4.69) is 4.98 Å². The molecular formula is C24H24N2O6. The Balaban J connectivity index is 1.38. The summed E-state index contributed by atoms with van der Waals surface area (Å²) in [5.74, 6) is 1.67. The van der Waals surface area contributed by atoms with Crippen molar-refractivity contribution in [3.05, 3.63) is 71.6 Å². The molecule has 3 aromatic rings.